The van der Waals surface area contributed by atoms with Gasteiger partial charge in [-0.25, -0.2) is 15.3 Å². The molecule has 64 heavy (non-hydrogen) atoms. The number of benzene rings is 1. The molecule has 5 amide bonds. The number of rotatable bonds is 23. The number of hydrogen-bond acceptors (Lipinski definition) is 13. The molecule has 4 fully saturated rings. The van der Waals surface area contributed by atoms with Crippen molar-refractivity contribution in [2.75, 3.05) is 64.5 Å². The van der Waals surface area contributed by atoms with E-state index in [0.717, 1.165) is 18.4 Å². The number of ether oxygens (including phenoxy) is 4. The van der Waals surface area contributed by atoms with Gasteiger partial charge in [0, 0.05) is 32.7 Å². The molecular formula is C44H61N6O13P. The average molecular weight is 913 g/mol. The lowest BCUT2D eigenvalue weighted by Gasteiger charge is -2.29. The van der Waals surface area contributed by atoms with Crippen molar-refractivity contribution in [3.63, 3.8) is 0 Å². The highest BCUT2D eigenvalue weighted by molar-refractivity contribution is 7.57. The Hall–Kier alpha value is -4.42. The van der Waals surface area contributed by atoms with Crippen LogP contribution in [-0.4, -0.2) is 134 Å². The van der Waals surface area contributed by atoms with Crippen LogP contribution in [0.15, 0.2) is 42.5 Å². The molecule has 1 aromatic rings. The first kappa shape index (κ1) is 49.0. The normalized spacial score (nSPS) is 28.0. The zero-order valence-electron chi connectivity index (χ0n) is 37.0. The van der Waals surface area contributed by atoms with Crippen LogP contribution >= 0.6 is 7.59 Å². The third-order valence-corrected chi connectivity index (χ3v) is 14.9. The van der Waals surface area contributed by atoms with Crippen molar-refractivity contribution in [3.05, 3.63) is 48.1 Å². The summed E-state index contributed by atoms with van der Waals surface area (Å²) < 4.78 is 36.8. The third-order valence-electron chi connectivity index (χ3n) is 12.9. The molecule has 6 aliphatic rings. The number of phenolic OH excluding ortho intramolecular Hbond substituents is 1. The van der Waals surface area contributed by atoms with Crippen LogP contribution in [0.4, 0.5) is 5.69 Å². The molecule has 350 valence electrons. The van der Waals surface area contributed by atoms with Crippen molar-refractivity contribution in [1.29, 1.82) is 0 Å². The average Bonchev–Trinajstić information content (AvgIpc) is 4.11. The minimum Gasteiger partial charge on any atom is -0.506 e. The summed E-state index contributed by atoms with van der Waals surface area (Å²) in [5.41, 5.74) is 1.64. The molecule has 4 bridgehead atoms. The molecule has 10 atom stereocenters. The van der Waals surface area contributed by atoms with E-state index in [-0.39, 0.29) is 112 Å². The van der Waals surface area contributed by atoms with Gasteiger partial charge in [0.15, 0.2) is 0 Å². The van der Waals surface area contributed by atoms with Gasteiger partial charge in [0.05, 0.1) is 86.6 Å². The third kappa shape index (κ3) is 11.3. The largest absolute Gasteiger partial charge is 0.506 e. The SMILES string of the molecule is CC(C[C@@H](C)Cc1ccc(O)c(NC(=O)CCOCCOCCNP(=O)(NCCN2C(=O)C3C4C=CC(O4)C3C2=O)NCCN2C(=O)C3C4C=CC(O4)C3C2=O)c1)C(C)(C)C.O=C=O. The number of anilines is 1. The number of hydrogen-bond donors (Lipinski definition) is 5. The fourth-order valence-electron chi connectivity index (χ4n) is 9.21. The molecular weight excluding hydrogens is 851 g/mol. The number of carbonyl (C=O) groups is 5. The Bertz CT molecular complexity index is 1910. The first-order valence-electron chi connectivity index (χ1n) is 22.0. The van der Waals surface area contributed by atoms with Crippen LogP contribution in [-0.2, 0) is 63.5 Å². The molecule has 0 spiro atoms. The van der Waals surface area contributed by atoms with E-state index in [9.17, 15) is 33.6 Å². The Morgan fingerprint density at radius 2 is 1.22 bits per heavy atom. The van der Waals surface area contributed by atoms with E-state index in [1.165, 1.54) is 9.80 Å². The molecule has 6 aliphatic heterocycles. The van der Waals surface area contributed by atoms with Gasteiger partial charge in [-0.15, -0.1) is 0 Å². The van der Waals surface area contributed by atoms with Crippen molar-refractivity contribution >= 4 is 49.0 Å². The summed E-state index contributed by atoms with van der Waals surface area (Å²) in [5, 5.41) is 22.0. The molecule has 6 heterocycles. The molecule has 19 nitrogen and oxygen atoms in total. The van der Waals surface area contributed by atoms with Crippen molar-refractivity contribution in [3.8, 4) is 5.75 Å². The maximum absolute atomic E-state index is 14.1. The molecule has 0 radical (unpaired) electrons. The van der Waals surface area contributed by atoms with Crippen molar-refractivity contribution < 1.29 is 62.2 Å². The quantitative estimate of drug-likeness (QED) is 0.0347. The molecule has 0 aromatic heterocycles. The summed E-state index contributed by atoms with van der Waals surface area (Å²) in [6, 6.07) is 5.32. The maximum atomic E-state index is 14.1. The predicted molar refractivity (Wildman–Crippen MR) is 229 cm³/mol. The highest BCUT2D eigenvalue weighted by atomic mass is 31.2. The van der Waals surface area contributed by atoms with E-state index >= 15 is 0 Å². The molecule has 5 N–H and O–H groups in total. The minimum atomic E-state index is -3.61. The van der Waals surface area contributed by atoms with Gasteiger partial charge in [-0.1, -0.05) is 65.0 Å². The van der Waals surface area contributed by atoms with Crippen molar-refractivity contribution in [2.45, 2.75) is 78.3 Å². The van der Waals surface area contributed by atoms with Crippen LogP contribution in [0.25, 0.3) is 0 Å². The molecule has 9 unspecified atom stereocenters. The van der Waals surface area contributed by atoms with Gasteiger partial charge < -0.3 is 29.4 Å². The number of carbonyl (C=O) groups excluding carboxylic acids is 7. The highest BCUT2D eigenvalue weighted by Crippen LogP contribution is 2.46. The van der Waals surface area contributed by atoms with Gasteiger partial charge in [-0.3, -0.25) is 38.3 Å². The smallest absolute Gasteiger partial charge is 0.373 e. The monoisotopic (exact) mass is 912 g/mol. The lowest BCUT2D eigenvalue weighted by atomic mass is 9.76. The van der Waals surface area contributed by atoms with Gasteiger partial charge in [0.1, 0.15) is 5.75 Å². The summed E-state index contributed by atoms with van der Waals surface area (Å²) in [5.74, 6) is -2.70. The number of imide groups is 2. The Morgan fingerprint density at radius 3 is 1.69 bits per heavy atom. The number of nitrogens with zero attached hydrogens (tertiary/aromatic N) is 2. The summed E-state index contributed by atoms with van der Waals surface area (Å²) in [7, 11) is -3.61. The topological polar surface area (TPSA) is 248 Å². The zero-order valence-corrected chi connectivity index (χ0v) is 37.9. The predicted octanol–water partition coefficient (Wildman–Crippen LogP) is 2.18. The zero-order chi connectivity index (χ0) is 46.3. The molecule has 1 aromatic carbocycles. The number of phenols is 1. The van der Waals surface area contributed by atoms with Gasteiger partial charge in [0.25, 0.3) is 7.59 Å². The van der Waals surface area contributed by atoms with E-state index in [4.69, 9.17) is 28.5 Å². The molecule has 7 rings (SSSR count). The second-order valence-electron chi connectivity index (χ2n) is 18.3. The second kappa shape index (κ2) is 21.3. The van der Waals surface area contributed by atoms with Crippen molar-refractivity contribution in [1.82, 2.24) is 25.1 Å². The van der Waals surface area contributed by atoms with Gasteiger partial charge in [-0.2, -0.15) is 9.59 Å². The number of aromatic hydroxyl groups is 1. The molecule has 4 saturated heterocycles. The standard InChI is InChI=1S/C43H61N6O11P.CO2/c1-25(22-26(2)43(3,4)5)23-27-6-7-29(50)28(24-27)47-34(51)12-18-57-20-21-58-19-15-46-61(56,44-13-16-48-39(52)35-30-8-9-31(59-30)36(35)40(48)53)45-14-17-49-41(54)37-32-10-11-33(60-32)38(37)42(49)55;2-1-3/h6-11,24-26,30-33,35-38,50H,12-23H2,1-5H3,(H,47,51)(H3,44,45,46,56);/t25-,26?,30?,31?,32?,33?,35?,36?,37?,38?,61?;/m1./s1. The van der Waals surface area contributed by atoms with E-state index in [0.29, 0.717) is 17.5 Å². The van der Waals surface area contributed by atoms with Gasteiger partial charge >= 0.3 is 6.15 Å². The minimum absolute atomic E-state index is 0.00295. The van der Waals surface area contributed by atoms with E-state index in [1.54, 1.807) is 6.07 Å². The summed E-state index contributed by atoms with van der Waals surface area (Å²) in [6.07, 6.45) is 7.87. The first-order chi connectivity index (χ1) is 30.5. The van der Waals surface area contributed by atoms with Crippen LogP contribution < -0.4 is 20.6 Å². The van der Waals surface area contributed by atoms with E-state index in [2.05, 4.69) is 55.2 Å². The fraction of sp³-hybridized carbons (Fsp3) is 0.636. The fourth-order valence-corrected chi connectivity index (χ4v) is 10.8. The highest BCUT2D eigenvalue weighted by Gasteiger charge is 2.61. The summed E-state index contributed by atoms with van der Waals surface area (Å²) in [4.78, 5) is 83.8. The Kier molecular flexibility index (Phi) is 16.3. The lowest BCUT2D eigenvalue weighted by Crippen LogP contribution is -2.43. The van der Waals surface area contributed by atoms with Gasteiger partial charge in [-0.05, 0) is 47.8 Å². The lowest BCUT2D eigenvalue weighted by molar-refractivity contribution is -0.191. The Morgan fingerprint density at radius 1 is 0.766 bits per heavy atom. The maximum Gasteiger partial charge on any atom is 0.373 e. The Balaban J connectivity index is 0.00000220. The second-order valence-corrected chi connectivity index (χ2v) is 20.4. The van der Waals surface area contributed by atoms with Crippen LogP contribution in [0.5, 0.6) is 5.75 Å². The molecule has 0 aliphatic carbocycles. The van der Waals surface area contributed by atoms with Crippen LogP contribution in [0.1, 0.15) is 53.0 Å². The number of likely N-dealkylation sites (tertiary alicyclic amines) is 2. The molecule has 0 saturated carbocycles. The van der Waals surface area contributed by atoms with Crippen LogP contribution in [0.2, 0.25) is 0 Å². The first-order valence-corrected chi connectivity index (χ1v) is 23.7. The number of nitrogens with one attached hydrogen (secondary N) is 4. The van der Waals surface area contributed by atoms with E-state index in [1.807, 2.05) is 36.4 Å². The van der Waals surface area contributed by atoms with Gasteiger partial charge in [0.2, 0.25) is 29.5 Å². The number of fused-ring (bicyclic) bond motifs is 10. The van der Waals surface area contributed by atoms with Crippen LogP contribution in [0.3, 0.4) is 0 Å². The summed E-state index contributed by atoms with van der Waals surface area (Å²) in [6.45, 7) is 12.1. The van der Waals surface area contributed by atoms with Crippen molar-refractivity contribution in [2.24, 2.45) is 40.9 Å². The van der Waals surface area contributed by atoms with Crippen LogP contribution in [0, 0.1) is 40.9 Å². The number of amides is 5. The molecule has 20 heteroatoms. The van der Waals surface area contributed by atoms with E-state index < -0.39 is 55.7 Å². The Labute approximate surface area is 372 Å². The summed E-state index contributed by atoms with van der Waals surface area (Å²) >= 11 is 0.